The van der Waals surface area contributed by atoms with Crippen molar-refractivity contribution in [2.75, 3.05) is 0 Å². The molecule has 3 radical (unpaired) electrons. The molecular weight excluding hydrogens is 112 g/mol. The first kappa shape index (κ1) is 6.25. The van der Waals surface area contributed by atoms with Crippen LogP contribution in [0, 0.1) is 0 Å². The van der Waals surface area contributed by atoms with Gasteiger partial charge in [0.05, 0.1) is 0 Å². The van der Waals surface area contributed by atoms with Crippen LogP contribution < -0.4 is 0 Å². The van der Waals surface area contributed by atoms with Crippen molar-refractivity contribution in [3.8, 4) is 0 Å². The van der Waals surface area contributed by atoms with Crippen molar-refractivity contribution in [3.63, 3.8) is 0 Å². The van der Waals surface area contributed by atoms with Crippen LogP contribution in [0.2, 0.25) is 6.04 Å². The first-order chi connectivity index (χ1) is 2.77. The smallest absolute Gasteiger partial charge is 0.0226 e. The van der Waals surface area contributed by atoms with Gasteiger partial charge < -0.3 is 0 Å². The summed E-state index contributed by atoms with van der Waals surface area (Å²) in [6.07, 6.45) is 0.860. The summed E-state index contributed by atoms with van der Waals surface area (Å²) >= 11 is 5.35. The summed E-state index contributed by atoms with van der Waals surface area (Å²) in [4.78, 5) is 0. The van der Waals surface area contributed by atoms with Crippen LogP contribution in [0.3, 0.4) is 0 Å². The molecule has 0 bridgehead atoms. The Morgan fingerprint density at radius 1 is 1.83 bits per heavy atom. The van der Waals surface area contributed by atoms with Crippen LogP contribution in [0.1, 0.15) is 6.42 Å². The van der Waals surface area contributed by atoms with Crippen LogP contribution >= 0.6 is 11.6 Å². The van der Waals surface area contributed by atoms with E-state index in [2.05, 4.69) is 16.8 Å². The zero-order chi connectivity index (χ0) is 4.99. The molecular formula is C4H6ClSi. The summed E-state index contributed by atoms with van der Waals surface area (Å²) in [6, 6.07) is 0.905. The summed E-state index contributed by atoms with van der Waals surface area (Å²) in [5.41, 5.74) is 0. The molecule has 0 amide bonds. The van der Waals surface area contributed by atoms with Crippen LogP contribution in [0.4, 0.5) is 0 Å². The van der Waals surface area contributed by atoms with E-state index in [1.54, 1.807) is 0 Å². The lowest BCUT2D eigenvalue weighted by molar-refractivity contribution is 1.19. The second kappa shape index (κ2) is 3.44. The molecule has 0 aliphatic rings. The highest BCUT2D eigenvalue weighted by Gasteiger charge is 1.79. The normalized spacial score (nSPS) is 8.33. The lowest BCUT2D eigenvalue weighted by Crippen LogP contribution is -1.66. The molecule has 0 aromatic heterocycles. The molecule has 0 fully saturated rings. The standard InChI is InChI=1S/C4H6ClSi/c1-4(5)2-3-6/h1-3H2. The van der Waals surface area contributed by atoms with Crippen molar-refractivity contribution in [2.24, 2.45) is 0 Å². The minimum absolute atomic E-state index is 0.713. The van der Waals surface area contributed by atoms with E-state index in [4.69, 9.17) is 11.6 Å². The van der Waals surface area contributed by atoms with E-state index in [-0.39, 0.29) is 0 Å². The van der Waals surface area contributed by atoms with E-state index < -0.39 is 0 Å². The molecule has 0 heterocycles. The van der Waals surface area contributed by atoms with Crippen molar-refractivity contribution >= 4 is 21.8 Å². The molecule has 0 aliphatic heterocycles. The summed E-state index contributed by atoms with van der Waals surface area (Å²) in [5.74, 6) is 0. The number of hydrogen-bond acceptors (Lipinski definition) is 0. The molecule has 0 rings (SSSR count). The fourth-order valence-electron chi connectivity index (χ4n) is 0.136. The maximum atomic E-state index is 5.35. The third-order valence-electron chi connectivity index (χ3n) is 0.396. The highest BCUT2D eigenvalue weighted by atomic mass is 35.5. The van der Waals surface area contributed by atoms with Crippen LogP contribution in [0.5, 0.6) is 0 Å². The zero-order valence-electron chi connectivity index (χ0n) is 3.50. The van der Waals surface area contributed by atoms with Gasteiger partial charge in [0.2, 0.25) is 0 Å². The van der Waals surface area contributed by atoms with Gasteiger partial charge in [-0.2, -0.15) is 0 Å². The second-order valence-corrected chi connectivity index (χ2v) is 2.05. The topological polar surface area (TPSA) is 0 Å². The van der Waals surface area contributed by atoms with Gasteiger partial charge in [-0.1, -0.05) is 24.2 Å². The zero-order valence-corrected chi connectivity index (χ0v) is 5.26. The van der Waals surface area contributed by atoms with Crippen molar-refractivity contribution < 1.29 is 0 Å². The summed E-state index contributed by atoms with van der Waals surface area (Å²) < 4.78 is 0. The Balaban J connectivity index is 2.83. The van der Waals surface area contributed by atoms with E-state index in [0.29, 0.717) is 5.03 Å². The van der Waals surface area contributed by atoms with Crippen LogP contribution in [0.25, 0.3) is 0 Å². The predicted octanol–water partition coefficient (Wildman–Crippen LogP) is 1.72. The van der Waals surface area contributed by atoms with Crippen molar-refractivity contribution in [1.82, 2.24) is 0 Å². The van der Waals surface area contributed by atoms with Crippen molar-refractivity contribution in [3.05, 3.63) is 11.6 Å². The second-order valence-electron chi connectivity index (χ2n) is 1.02. The van der Waals surface area contributed by atoms with Crippen LogP contribution in [-0.2, 0) is 0 Å². The third kappa shape index (κ3) is 4.25. The van der Waals surface area contributed by atoms with E-state index >= 15 is 0 Å². The first-order valence-electron chi connectivity index (χ1n) is 1.75. The largest absolute Gasteiger partial charge is 0.0898 e. The maximum absolute atomic E-state index is 5.35. The van der Waals surface area contributed by atoms with Gasteiger partial charge in [0.25, 0.3) is 0 Å². The Kier molecular flexibility index (Phi) is 3.58. The Morgan fingerprint density at radius 3 is 2.33 bits per heavy atom. The SMILES string of the molecule is C=C(Cl)CC[Si]. The molecule has 0 aromatic rings. The van der Waals surface area contributed by atoms with Gasteiger partial charge in [-0.05, 0) is 6.42 Å². The lowest BCUT2D eigenvalue weighted by atomic mass is 10.5. The molecule has 0 N–H and O–H groups in total. The van der Waals surface area contributed by atoms with Gasteiger partial charge in [-0.3, -0.25) is 0 Å². The number of rotatable bonds is 2. The summed E-state index contributed by atoms with van der Waals surface area (Å²) in [7, 11) is 3.25. The van der Waals surface area contributed by atoms with E-state index in [1.807, 2.05) is 0 Å². The number of halogens is 1. The Morgan fingerprint density at radius 2 is 2.33 bits per heavy atom. The summed E-state index contributed by atoms with van der Waals surface area (Å²) in [5, 5.41) is 0.713. The van der Waals surface area contributed by atoms with Gasteiger partial charge in [0.1, 0.15) is 0 Å². The fraction of sp³-hybridized carbons (Fsp3) is 0.500. The number of hydrogen-bond donors (Lipinski definition) is 0. The third-order valence-corrected chi connectivity index (χ3v) is 0.835. The average Bonchev–Trinajstić information content (AvgIpc) is 1.35. The van der Waals surface area contributed by atoms with Crippen LogP contribution in [0.15, 0.2) is 11.6 Å². The molecule has 0 atom stereocenters. The molecule has 33 valence electrons. The summed E-state index contributed by atoms with van der Waals surface area (Å²) in [6.45, 7) is 3.48. The van der Waals surface area contributed by atoms with E-state index in [9.17, 15) is 0 Å². The molecule has 0 nitrogen and oxygen atoms in total. The molecule has 2 heteroatoms. The highest BCUT2D eigenvalue weighted by molar-refractivity contribution is 6.29. The van der Waals surface area contributed by atoms with Crippen molar-refractivity contribution in [1.29, 1.82) is 0 Å². The van der Waals surface area contributed by atoms with Crippen LogP contribution in [-0.4, -0.2) is 10.2 Å². The first-order valence-corrected chi connectivity index (χ1v) is 2.83. The maximum Gasteiger partial charge on any atom is 0.0226 e. The minimum Gasteiger partial charge on any atom is -0.0898 e. The minimum atomic E-state index is 0.713. The van der Waals surface area contributed by atoms with Gasteiger partial charge in [-0.25, -0.2) is 0 Å². The van der Waals surface area contributed by atoms with Crippen molar-refractivity contribution in [2.45, 2.75) is 12.5 Å². The molecule has 0 aromatic carbocycles. The van der Waals surface area contributed by atoms with Gasteiger partial charge in [0, 0.05) is 15.3 Å². The molecule has 6 heavy (non-hydrogen) atoms. The van der Waals surface area contributed by atoms with Gasteiger partial charge >= 0.3 is 0 Å². The van der Waals surface area contributed by atoms with Gasteiger partial charge in [0.15, 0.2) is 0 Å². The Bertz CT molecular complexity index is 51.5. The predicted molar refractivity (Wildman–Crippen MR) is 30.2 cm³/mol. The molecule has 0 spiro atoms. The van der Waals surface area contributed by atoms with Gasteiger partial charge in [-0.15, -0.1) is 0 Å². The highest BCUT2D eigenvalue weighted by Crippen LogP contribution is 2.03. The van der Waals surface area contributed by atoms with E-state index in [1.165, 1.54) is 0 Å². The Hall–Kier alpha value is 0.247. The molecule has 0 saturated carbocycles. The molecule has 0 unspecified atom stereocenters. The fourth-order valence-corrected chi connectivity index (χ4v) is 0.690. The molecule has 0 aliphatic carbocycles. The molecule has 0 saturated heterocycles. The monoisotopic (exact) mass is 117 g/mol. The average molecular weight is 118 g/mol. The lowest BCUT2D eigenvalue weighted by Gasteiger charge is -1.84. The quantitative estimate of drug-likeness (QED) is 0.483. The van der Waals surface area contributed by atoms with E-state index in [0.717, 1.165) is 12.5 Å². The number of allylic oxidation sites excluding steroid dienone is 1. The Labute approximate surface area is 46.6 Å².